The second-order valence-corrected chi connectivity index (χ2v) is 9.54. The fourth-order valence-corrected chi connectivity index (χ4v) is 6.01. The molecule has 4 aliphatic rings. The van der Waals surface area contributed by atoms with E-state index in [-0.39, 0.29) is 23.7 Å². The molecule has 5 rings (SSSR count). The van der Waals surface area contributed by atoms with E-state index < -0.39 is 52.6 Å². The molecule has 0 aromatic heterocycles. The van der Waals surface area contributed by atoms with Crippen LogP contribution in [0, 0.1) is 35.5 Å². The van der Waals surface area contributed by atoms with E-state index in [1.807, 2.05) is 6.07 Å². The number of carbonyl (C=O) groups excluding carboxylic acids is 5. The van der Waals surface area contributed by atoms with Crippen molar-refractivity contribution in [1.82, 2.24) is 0 Å². The summed E-state index contributed by atoms with van der Waals surface area (Å²) in [6.45, 7) is 1.19. The predicted octanol–water partition coefficient (Wildman–Crippen LogP) is 2.27. The van der Waals surface area contributed by atoms with E-state index in [9.17, 15) is 29.1 Å². The average Bonchev–Trinajstić information content (AvgIpc) is 3.47. The summed E-state index contributed by atoms with van der Waals surface area (Å²) in [6, 6.07) is 3.40. The molecule has 30 heavy (non-hydrogen) atoms. The monoisotopic (exact) mass is 408 g/mol. The molecule has 1 aromatic rings. The molecule has 6 heteroatoms. The lowest BCUT2D eigenvalue weighted by molar-refractivity contribution is -0.152. The van der Waals surface area contributed by atoms with Gasteiger partial charge in [-0.1, -0.05) is 6.07 Å². The van der Waals surface area contributed by atoms with Crippen molar-refractivity contribution >= 4 is 28.9 Å². The summed E-state index contributed by atoms with van der Waals surface area (Å²) in [5.41, 5.74) is 2.11. The molecule has 1 aromatic carbocycles. The minimum Gasteiger partial charge on any atom is -0.507 e. The standard InChI is InChI=1S/C24H24O6/c1-10(25)18-17(27)9-14-7-13-8-15-12(6-11-2-3-11)4-5-16(26)21(15)24(30)19(13)23(29)20(14)22(18)28/h4-5,11,13-14,18-20,26H,2-3,6-9H2,1H3. The molecule has 0 bridgehead atoms. The highest BCUT2D eigenvalue weighted by Gasteiger charge is 2.57. The number of carbonyl (C=O) groups is 5. The van der Waals surface area contributed by atoms with Crippen molar-refractivity contribution < 1.29 is 29.1 Å². The largest absolute Gasteiger partial charge is 0.507 e. The predicted molar refractivity (Wildman–Crippen MR) is 105 cm³/mol. The van der Waals surface area contributed by atoms with E-state index in [1.165, 1.54) is 25.8 Å². The molecule has 0 saturated heterocycles. The topological polar surface area (TPSA) is 106 Å². The summed E-state index contributed by atoms with van der Waals surface area (Å²) < 4.78 is 0. The Bertz CT molecular complexity index is 1020. The van der Waals surface area contributed by atoms with Gasteiger partial charge in [0, 0.05) is 6.42 Å². The number of fused-ring (bicyclic) bond motifs is 3. The third-order valence-electron chi connectivity index (χ3n) is 7.53. The second-order valence-electron chi connectivity index (χ2n) is 9.54. The molecule has 0 aliphatic heterocycles. The summed E-state index contributed by atoms with van der Waals surface area (Å²) in [7, 11) is 0. The summed E-state index contributed by atoms with van der Waals surface area (Å²) in [4.78, 5) is 63.8. The minimum atomic E-state index is -1.38. The number of Topliss-reactive ketones (excluding diaryl/α,β-unsaturated/α-hetero) is 5. The van der Waals surface area contributed by atoms with Crippen LogP contribution in [-0.4, -0.2) is 34.0 Å². The third kappa shape index (κ3) is 2.80. The van der Waals surface area contributed by atoms with E-state index in [0.717, 1.165) is 17.5 Å². The molecule has 0 radical (unpaired) electrons. The van der Waals surface area contributed by atoms with Gasteiger partial charge in [0.25, 0.3) is 0 Å². The number of phenolic OH excluding ortho intramolecular Hbond substituents is 1. The number of ketones is 5. The third-order valence-corrected chi connectivity index (χ3v) is 7.53. The maximum atomic E-state index is 13.4. The highest BCUT2D eigenvalue weighted by Crippen LogP contribution is 2.49. The molecule has 4 aliphatic carbocycles. The maximum Gasteiger partial charge on any atom is 0.177 e. The fourth-order valence-electron chi connectivity index (χ4n) is 6.01. The van der Waals surface area contributed by atoms with Crippen LogP contribution in [0.4, 0.5) is 0 Å². The molecule has 5 atom stereocenters. The summed E-state index contributed by atoms with van der Waals surface area (Å²) in [5.74, 6) is -6.11. The van der Waals surface area contributed by atoms with Gasteiger partial charge in [-0.15, -0.1) is 0 Å². The highest BCUT2D eigenvalue weighted by atomic mass is 16.3. The zero-order chi connectivity index (χ0) is 21.3. The van der Waals surface area contributed by atoms with Gasteiger partial charge in [-0.05, 0) is 74.0 Å². The number of phenols is 1. The quantitative estimate of drug-likeness (QED) is 0.769. The first-order valence-electron chi connectivity index (χ1n) is 10.8. The van der Waals surface area contributed by atoms with Gasteiger partial charge in [0.05, 0.1) is 17.4 Å². The zero-order valence-corrected chi connectivity index (χ0v) is 16.8. The van der Waals surface area contributed by atoms with Crippen molar-refractivity contribution in [2.24, 2.45) is 35.5 Å². The van der Waals surface area contributed by atoms with Crippen molar-refractivity contribution in [1.29, 1.82) is 0 Å². The molecule has 0 heterocycles. The lowest BCUT2D eigenvalue weighted by Crippen LogP contribution is -2.55. The van der Waals surface area contributed by atoms with Crippen LogP contribution in [0.3, 0.4) is 0 Å². The van der Waals surface area contributed by atoms with Crippen LogP contribution >= 0.6 is 0 Å². The molecular formula is C24H24O6. The van der Waals surface area contributed by atoms with Crippen LogP contribution in [0.1, 0.15) is 54.1 Å². The highest BCUT2D eigenvalue weighted by molar-refractivity contribution is 6.27. The Labute approximate surface area is 174 Å². The molecular weight excluding hydrogens is 384 g/mol. The van der Waals surface area contributed by atoms with Crippen molar-refractivity contribution in [2.45, 2.75) is 45.4 Å². The molecule has 156 valence electrons. The summed E-state index contributed by atoms with van der Waals surface area (Å²) in [6.07, 6.45) is 4.16. The maximum absolute atomic E-state index is 13.4. The Morgan fingerprint density at radius 2 is 1.70 bits per heavy atom. The first kappa shape index (κ1) is 19.3. The SMILES string of the molecule is CC(=O)C1C(=O)CC2CC3Cc4c(CC5CC5)ccc(O)c4C(=O)C3C(=O)C2C1=O. The van der Waals surface area contributed by atoms with E-state index in [0.29, 0.717) is 18.8 Å². The van der Waals surface area contributed by atoms with Gasteiger partial charge in [0.15, 0.2) is 23.1 Å². The molecule has 3 saturated carbocycles. The lowest BCUT2D eigenvalue weighted by atomic mass is 9.55. The van der Waals surface area contributed by atoms with Gasteiger partial charge in [-0.3, -0.25) is 24.0 Å². The van der Waals surface area contributed by atoms with E-state index in [4.69, 9.17) is 0 Å². The Kier molecular flexibility index (Phi) is 4.31. The normalized spacial score (nSPS) is 33.0. The van der Waals surface area contributed by atoms with Gasteiger partial charge in [-0.25, -0.2) is 0 Å². The van der Waals surface area contributed by atoms with Crippen molar-refractivity contribution in [3.63, 3.8) is 0 Å². The van der Waals surface area contributed by atoms with E-state index >= 15 is 0 Å². The van der Waals surface area contributed by atoms with Crippen LogP contribution in [0.15, 0.2) is 12.1 Å². The number of aromatic hydroxyl groups is 1. The van der Waals surface area contributed by atoms with Crippen LogP contribution in [0.5, 0.6) is 5.75 Å². The molecule has 6 nitrogen and oxygen atoms in total. The Balaban J connectivity index is 1.53. The van der Waals surface area contributed by atoms with E-state index in [1.54, 1.807) is 0 Å². The van der Waals surface area contributed by atoms with Gasteiger partial charge >= 0.3 is 0 Å². The van der Waals surface area contributed by atoms with Crippen molar-refractivity contribution in [3.8, 4) is 5.75 Å². The van der Waals surface area contributed by atoms with Crippen molar-refractivity contribution in [2.75, 3.05) is 0 Å². The first-order chi connectivity index (χ1) is 14.3. The molecule has 3 fully saturated rings. The van der Waals surface area contributed by atoms with Gasteiger partial charge in [0.2, 0.25) is 0 Å². The number of hydrogen-bond donors (Lipinski definition) is 1. The lowest BCUT2D eigenvalue weighted by Gasteiger charge is -2.44. The zero-order valence-electron chi connectivity index (χ0n) is 16.8. The van der Waals surface area contributed by atoms with Crippen LogP contribution in [-0.2, 0) is 32.0 Å². The van der Waals surface area contributed by atoms with Crippen molar-refractivity contribution in [3.05, 3.63) is 28.8 Å². The Hall–Kier alpha value is -2.63. The fraction of sp³-hybridized carbons (Fsp3) is 0.542. The van der Waals surface area contributed by atoms with Crippen LogP contribution < -0.4 is 0 Å². The smallest absolute Gasteiger partial charge is 0.177 e. The Morgan fingerprint density at radius 1 is 1.00 bits per heavy atom. The Morgan fingerprint density at radius 3 is 2.37 bits per heavy atom. The molecule has 0 amide bonds. The molecule has 0 spiro atoms. The van der Waals surface area contributed by atoms with Crippen LogP contribution in [0.25, 0.3) is 0 Å². The number of hydrogen-bond acceptors (Lipinski definition) is 6. The second kappa shape index (κ2) is 6.69. The van der Waals surface area contributed by atoms with Gasteiger partial charge in [0.1, 0.15) is 17.5 Å². The minimum absolute atomic E-state index is 0.0334. The van der Waals surface area contributed by atoms with Crippen LogP contribution in [0.2, 0.25) is 0 Å². The number of rotatable bonds is 3. The average molecular weight is 408 g/mol. The van der Waals surface area contributed by atoms with Gasteiger partial charge < -0.3 is 5.11 Å². The number of benzene rings is 1. The van der Waals surface area contributed by atoms with Gasteiger partial charge in [-0.2, -0.15) is 0 Å². The first-order valence-corrected chi connectivity index (χ1v) is 10.8. The summed E-state index contributed by atoms with van der Waals surface area (Å²) >= 11 is 0. The molecule has 5 unspecified atom stereocenters. The molecule has 1 N–H and O–H groups in total. The van der Waals surface area contributed by atoms with E-state index in [2.05, 4.69) is 0 Å². The summed E-state index contributed by atoms with van der Waals surface area (Å²) in [5, 5.41) is 10.4.